The third-order valence-corrected chi connectivity index (χ3v) is 4.23. The lowest BCUT2D eigenvalue weighted by atomic mass is 10.2. The number of nitrogens with one attached hydrogen (secondary N) is 1. The van der Waals surface area contributed by atoms with Gasteiger partial charge in [-0.1, -0.05) is 0 Å². The molecule has 2 amide bonds. The Balaban J connectivity index is 2.77. The van der Waals surface area contributed by atoms with Gasteiger partial charge in [0.15, 0.2) is 0 Å². The van der Waals surface area contributed by atoms with Crippen molar-refractivity contribution in [1.29, 1.82) is 0 Å². The van der Waals surface area contributed by atoms with E-state index in [0.717, 1.165) is 0 Å². The highest BCUT2D eigenvalue weighted by Crippen LogP contribution is 2.43. The maximum Gasteiger partial charge on any atom is 0.242 e. The first-order chi connectivity index (χ1) is 7.87. The predicted octanol–water partition coefficient (Wildman–Crippen LogP) is 0.625. The number of hydrogen-bond donors (Lipinski definition) is 1. The van der Waals surface area contributed by atoms with Crippen LogP contribution < -0.4 is 5.32 Å². The van der Waals surface area contributed by atoms with Crippen LogP contribution >= 0.6 is 7.37 Å². The molecule has 6 nitrogen and oxygen atoms in total. The molecule has 0 bridgehead atoms. The number of nitrogens with zero attached hydrogens (tertiary/aromatic N) is 1. The fourth-order valence-electron chi connectivity index (χ4n) is 1.89. The summed E-state index contributed by atoms with van der Waals surface area (Å²) in [5.41, 5.74) is 0. The maximum absolute atomic E-state index is 12.0. The van der Waals surface area contributed by atoms with Crippen molar-refractivity contribution in [3.8, 4) is 0 Å². The highest BCUT2D eigenvalue weighted by Gasteiger charge is 2.35. The minimum absolute atomic E-state index is 0.00569. The summed E-state index contributed by atoms with van der Waals surface area (Å²) < 4.78 is 17.2. The molecule has 17 heavy (non-hydrogen) atoms. The first kappa shape index (κ1) is 14.2. The predicted molar refractivity (Wildman–Crippen MR) is 64.0 cm³/mol. The van der Waals surface area contributed by atoms with E-state index in [0.29, 0.717) is 19.6 Å². The van der Waals surface area contributed by atoms with Crippen LogP contribution in [0.3, 0.4) is 0 Å². The summed E-state index contributed by atoms with van der Waals surface area (Å²) in [6.07, 6.45) is 0.554. The molecule has 1 heterocycles. The second-order valence-electron chi connectivity index (χ2n) is 4.16. The molecule has 1 N–H and O–H groups in total. The monoisotopic (exact) mass is 262 g/mol. The molecule has 0 aromatic carbocycles. The van der Waals surface area contributed by atoms with Gasteiger partial charge in [-0.05, 0) is 13.3 Å². The molecule has 1 fully saturated rings. The zero-order valence-corrected chi connectivity index (χ0v) is 11.3. The Kier molecular flexibility index (Phi) is 4.71. The molecule has 2 unspecified atom stereocenters. The fraction of sp³-hybridized carbons (Fsp3) is 0.800. The average Bonchev–Trinajstić information content (AvgIpc) is 2.60. The smallest absolute Gasteiger partial charge is 0.242 e. The lowest BCUT2D eigenvalue weighted by molar-refractivity contribution is -0.136. The van der Waals surface area contributed by atoms with Gasteiger partial charge in [0, 0.05) is 20.1 Å². The molecule has 0 aromatic heterocycles. The Morgan fingerprint density at radius 2 is 2.29 bits per heavy atom. The minimum atomic E-state index is -2.86. The van der Waals surface area contributed by atoms with Gasteiger partial charge in [-0.15, -0.1) is 0 Å². The van der Waals surface area contributed by atoms with Crippen LogP contribution in [0.4, 0.5) is 0 Å². The maximum atomic E-state index is 12.0. The van der Waals surface area contributed by atoms with Gasteiger partial charge in [0.1, 0.15) is 6.04 Å². The van der Waals surface area contributed by atoms with Crippen LogP contribution in [-0.2, 0) is 18.7 Å². The average molecular weight is 262 g/mol. The number of carbonyl (C=O) groups is 2. The SMILES string of the molecule is CCOP(C)(=O)CN(C(C)=O)C1CCNC1=O. The van der Waals surface area contributed by atoms with E-state index in [1.165, 1.54) is 18.5 Å². The molecule has 98 valence electrons. The topological polar surface area (TPSA) is 75.7 Å². The minimum Gasteiger partial charge on any atom is -0.354 e. The Morgan fingerprint density at radius 3 is 2.71 bits per heavy atom. The van der Waals surface area contributed by atoms with Crippen molar-refractivity contribution in [2.75, 3.05) is 26.1 Å². The van der Waals surface area contributed by atoms with Crippen molar-refractivity contribution in [2.45, 2.75) is 26.3 Å². The van der Waals surface area contributed by atoms with E-state index in [4.69, 9.17) is 4.52 Å². The molecule has 0 radical (unpaired) electrons. The Morgan fingerprint density at radius 1 is 1.65 bits per heavy atom. The number of carbonyl (C=O) groups excluding carboxylic acids is 2. The summed E-state index contributed by atoms with van der Waals surface area (Å²) in [4.78, 5) is 24.4. The van der Waals surface area contributed by atoms with Gasteiger partial charge in [0.2, 0.25) is 19.2 Å². The fourth-order valence-corrected chi connectivity index (χ4v) is 3.46. The summed E-state index contributed by atoms with van der Waals surface area (Å²) >= 11 is 0. The summed E-state index contributed by atoms with van der Waals surface area (Å²) in [7, 11) is -2.86. The molecule has 0 aromatic rings. The van der Waals surface area contributed by atoms with Crippen LogP contribution in [0.5, 0.6) is 0 Å². The number of rotatable bonds is 5. The van der Waals surface area contributed by atoms with E-state index in [-0.39, 0.29) is 18.1 Å². The molecule has 2 atom stereocenters. The molecule has 0 spiro atoms. The normalized spacial score (nSPS) is 23.0. The molecular formula is C10H19N2O4P. The van der Waals surface area contributed by atoms with E-state index in [1.54, 1.807) is 6.92 Å². The van der Waals surface area contributed by atoms with Gasteiger partial charge in [0.25, 0.3) is 0 Å². The van der Waals surface area contributed by atoms with Gasteiger partial charge in [-0.3, -0.25) is 14.2 Å². The molecule has 0 aliphatic carbocycles. The van der Waals surface area contributed by atoms with Gasteiger partial charge in [-0.25, -0.2) is 0 Å². The molecule has 0 saturated carbocycles. The van der Waals surface area contributed by atoms with Crippen molar-refractivity contribution < 1.29 is 18.7 Å². The van der Waals surface area contributed by atoms with Crippen molar-refractivity contribution in [3.05, 3.63) is 0 Å². The highest BCUT2D eigenvalue weighted by molar-refractivity contribution is 7.58. The Labute approximate surface area is 101 Å². The highest BCUT2D eigenvalue weighted by atomic mass is 31.2. The van der Waals surface area contributed by atoms with E-state index in [1.807, 2.05) is 0 Å². The third-order valence-electron chi connectivity index (χ3n) is 2.61. The lowest BCUT2D eigenvalue weighted by Gasteiger charge is -2.28. The summed E-state index contributed by atoms with van der Waals surface area (Å²) in [5.74, 6) is -0.439. The molecular weight excluding hydrogens is 243 g/mol. The molecule has 1 aliphatic rings. The molecule has 7 heteroatoms. The first-order valence-corrected chi connectivity index (χ1v) is 7.89. The second-order valence-corrected chi connectivity index (χ2v) is 6.73. The van der Waals surface area contributed by atoms with E-state index < -0.39 is 13.4 Å². The Hall–Kier alpha value is -0.870. The van der Waals surface area contributed by atoms with Gasteiger partial charge < -0.3 is 14.7 Å². The van der Waals surface area contributed by atoms with Gasteiger partial charge in [-0.2, -0.15) is 0 Å². The van der Waals surface area contributed by atoms with E-state index in [9.17, 15) is 14.2 Å². The summed E-state index contributed by atoms with van der Waals surface area (Å²) in [6, 6.07) is -0.513. The van der Waals surface area contributed by atoms with Crippen LogP contribution in [0.25, 0.3) is 0 Å². The second kappa shape index (κ2) is 5.65. The quantitative estimate of drug-likeness (QED) is 0.737. The Bertz CT molecular complexity index is 358. The van der Waals surface area contributed by atoms with Crippen LogP contribution in [0.1, 0.15) is 20.3 Å². The summed E-state index contributed by atoms with van der Waals surface area (Å²) in [6.45, 7) is 5.49. The van der Waals surface area contributed by atoms with Crippen LogP contribution in [0, 0.1) is 0 Å². The molecule has 1 aliphatic heterocycles. The van der Waals surface area contributed by atoms with Crippen molar-refractivity contribution in [2.24, 2.45) is 0 Å². The zero-order valence-electron chi connectivity index (χ0n) is 10.4. The van der Waals surface area contributed by atoms with Crippen molar-refractivity contribution in [1.82, 2.24) is 10.2 Å². The lowest BCUT2D eigenvalue weighted by Crippen LogP contribution is -2.44. The summed E-state index contributed by atoms with van der Waals surface area (Å²) in [5, 5.41) is 2.66. The molecule has 1 saturated heterocycles. The standard InChI is InChI=1S/C10H19N2O4P/c1-4-16-17(3,15)7-12(8(2)13)9-5-6-11-10(9)14/h9H,4-7H2,1-3H3,(H,11,14). The van der Waals surface area contributed by atoms with Crippen molar-refractivity contribution in [3.63, 3.8) is 0 Å². The van der Waals surface area contributed by atoms with Gasteiger partial charge in [0.05, 0.1) is 12.9 Å². The number of amides is 2. The largest absolute Gasteiger partial charge is 0.354 e. The van der Waals surface area contributed by atoms with Crippen LogP contribution in [0.2, 0.25) is 0 Å². The van der Waals surface area contributed by atoms with Crippen molar-refractivity contribution >= 4 is 19.2 Å². The van der Waals surface area contributed by atoms with E-state index in [2.05, 4.69) is 5.32 Å². The van der Waals surface area contributed by atoms with Crippen LogP contribution in [-0.4, -0.2) is 48.9 Å². The zero-order chi connectivity index (χ0) is 13.1. The molecule has 1 rings (SSSR count). The van der Waals surface area contributed by atoms with Gasteiger partial charge >= 0.3 is 0 Å². The van der Waals surface area contributed by atoms with E-state index >= 15 is 0 Å². The van der Waals surface area contributed by atoms with Crippen LogP contribution in [0.15, 0.2) is 0 Å². The first-order valence-electron chi connectivity index (χ1n) is 5.63. The number of hydrogen-bond acceptors (Lipinski definition) is 4. The third kappa shape index (κ3) is 3.82.